The predicted molar refractivity (Wildman–Crippen MR) is 107 cm³/mol. The summed E-state index contributed by atoms with van der Waals surface area (Å²) < 4.78 is 26.8. The molecule has 2 aromatic rings. The molecule has 6 heteroatoms. The van der Waals surface area contributed by atoms with Gasteiger partial charge in [-0.15, -0.1) is 24.0 Å². The van der Waals surface area contributed by atoms with Gasteiger partial charge < -0.3 is 10.6 Å². The fraction of sp³-hybridized carbons (Fsp3) is 0.316. The van der Waals surface area contributed by atoms with Crippen LogP contribution < -0.4 is 10.6 Å². The first-order valence-corrected chi connectivity index (χ1v) is 8.21. The third-order valence-electron chi connectivity index (χ3n) is 4.09. The second-order valence-corrected chi connectivity index (χ2v) is 5.94. The van der Waals surface area contributed by atoms with Gasteiger partial charge in [0.1, 0.15) is 11.6 Å². The number of nitrogens with zero attached hydrogens (tertiary/aromatic N) is 1. The monoisotopic (exact) mass is 457 g/mol. The molecular formula is C19H22F2IN3. The van der Waals surface area contributed by atoms with E-state index in [0.717, 1.165) is 24.1 Å². The molecule has 0 heterocycles. The van der Waals surface area contributed by atoms with Crippen LogP contribution in [0.2, 0.25) is 0 Å². The van der Waals surface area contributed by atoms with Gasteiger partial charge in [-0.25, -0.2) is 13.8 Å². The zero-order chi connectivity index (χ0) is 16.9. The van der Waals surface area contributed by atoms with Crippen LogP contribution in [0.4, 0.5) is 8.78 Å². The van der Waals surface area contributed by atoms with Crippen LogP contribution in [0.3, 0.4) is 0 Å². The van der Waals surface area contributed by atoms with E-state index in [1.165, 1.54) is 18.2 Å². The van der Waals surface area contributed by atoms with Crippen molar-refractivity contribution in [2.75, 3.05) is 6.54 Å². The number of halogens is 3. The molecule has 0 radical (unpaired) electrons. The number of rotatable bonds is 5. The first-order valence-electron chi connectivity index (χ1n) is 8.21. The van der Waals surface area contributed by atoms with E-state index in [2.05, 4.69) is 15.6 Å². The summed E-state index contributed by atoms with van der Waals surface area (Å²) in [6, 6.07) is 13.4. The highest BCUT2D eigenvalue weighted by molar-refractivity contribution is 14.0. The van der Waals surface area contributed by atoms with Gasteiger partial charge in [-0.1, -0.05) is 30.3 Å². The molecule has 0 aromatic heterocycles. The van der Waals surface area contributed by atoms with Crippen LogP contribution in [0.15, 0.2) is 53.5 Å². The third kappa shape index (κ3) is 5.39. The lowest BCUT2D eigenvalue weighted by Crippen LogP contribution is -2.39. The van der Waals surface area contributed by atoms with E-state index in [1.54, 1.807) is 18.2 Å². The van der Waals surface area contributed by atoms with Gasteiger partial charge >= 0.3 is 0 Å². The van der Waals surface area contributed by atoms with Crippen molar-refractivity contribution in [3.8, 4) is 0 Å². The minimum Gasteiger partial charge on any atom is -0.357 e. The molecule has 0 bridgehead atoms. The van der Waals surface area contributed by atoms with Crippen molar-refractivity contribution < 1.29 is 8.78 Å². The molecule has 2 atom stereocenters. The van der Waals surface area contributed by atoms with Gasteiger partial charge in [0, 0.05) is 18.5 Å². The van der Waals surface area contributed by atoms with Crippen molar-refractivity contribution in [1.82, 2.24) is 10.6 Å². The van der Waals surface area contributed by atoms with E-state index in [4.69, 9.17) is 0 Å². The predicted octanol–water partition coefficient (Wildman–Crippen LogP) is 4.19. The summed E-state index contributed by atoms with van der Waals surface area (Å²) >= 11 is 0. The number of aliphatic imine (C=N–C) groups is 1. The summed E-state index contributed by atoms with van der Waals surface area (Å²) in [6.07, 6.45) is 0.891. The lowest BCUT2D eigenvalue weighted by molar-refractivity contribution is 0.607. The number of guanidine groups is 1. The van der Waals surface area contributed by atoms with Crippen LogP contribution in [-0.2, 0) is 6.54 Å². The summed E-state index contributed by atoms with van der Waals surface area (Å²) in [7, 11) is 0. The molecule has 1 fully saturated rings. The van der Waals surface area contributed by atoms with Crippen molar-refractivity contribution >= 4 is 29.9 Å². The van der Waals surface area contributed by atoms with Crippen LogP contribution in [0, 0.1) is 11.6 Å². The number of benzene rings is 2. The van der Waals surface area contributed by atoms with Gasteiger partial charge in [0.05, 0.1) is 6.54 Å². The van der Waals surface area contributed by atoms with Crippen LogP contribution in [0.25, 0.3) is 0 Å². The standard InChI is InChI=1S/C19H21F2N3.HI/c1-2-22-19(23-12-13-7-9-14(20)10-8-13)24-18-11-16(18)15-5-3-4-6-17(15)21;/h3-10,16,18H,2,11-12H2,1H3,(H2,22,23,24);1H. The van der Waals surface area contributed by atoms with E-state index in [1.807, 2.05) is 19.1 Å². The minimum atomic E-state index is -0.251. The lowest BCUT2D eigenvalue weighted by atomic mass is 10.1. The Morgan fingerprint density at radius 2 is 1.84 bits per heavy atom. The van der Waals surface area contributed by atoms with Crippen molar-refractivity contribution in [3.05, 3.63) is 71.3 Å². The molecule has 3 nitrogen and oxygen atoms in total. The summed E-state index contributed by atoms with van der Waals surface area (Å²) in [5, 5.41) is 6.54. The van der Waals surface area contributed by atoms with Crippen molar-refractivity contribution in [2.24, 2.45) is 4.99 Å². The van der Waals surface area contributed by atoms with Gasteiger partial charge in [-0.05, 0) is 42.7 Å². The first kappa shape index (κ1) is 19.6. The zero-order valence-electron chi connectivity index (χ0n) is 14.0. The van der Waals surface area contributed by atoms with Gasteiger partial charge in [0.2, 0.25) is 0 Å². The number of hydrogen-bond acceptors (Lipinski definition) is 1. The number of nitrogens with one attached hydrogen (secondary N) is 2. The molecule has 1 aliphatic rings. The highest BCUT2D eigenvalue weighted by Crippen LogP contribution is 2.41. The first-order chi connectivity index (χ1) is 11.7. The summed E-state index contributed by atoms with van der Waals surface area (Å²) in [6.45, 7) is 3.20. The molecule has 2 unspecified atom stereocenters. The van der Waals surface area contributed by atoms with E-state index in [9.17, 15) is 8.78 Å². The normalized spacial score (nSPS) is 19.1. The average Bonchev–Trinajstić information content (AvgIpc) is 3.33. The Bertz CT molecular complexity index is 719. The zero-order valence-corrected chi connectivity index (χ0v) is 16.3. The molecule has 2 N–H and O–H groups in total. The Morgan fingerprint density at radius 1 is 1.12 bits per heavy atom. The smallest absolute Gasteiger partial charge is 0.191 e. The Hall–Kier alpha value is -1.70. The Morgan fingerprint density at radius 3 is 2.52 bits per heavy atom. The maximum absolute atomic E-state index is 13.8. The van der Waals surface area contributed by atoms with Crippen LogP contribution in [-0.4, -0.2) is 18.5 Å². The summed E-state index contributed by atoms with van der Waals surface area (Å²) in [5.74, 6) is 0.477. The highest BCUT2D eigenvalue weighted by Gasteiger charge is 2.40. The lowest BCUT2D eigenvalue weighted by Gasteiger charge is -2.11. The molecule has 0 spiro atoms. The largest absolute Gasteiger partial charge is 0.357 e. The van der Waals surface area contributed by atoms with Gasteiger partial charge in [0.25, 0.3) is 0 Å². The van der Waals surface area contributed by atoms with E-state index in [0.29, 0.717) is 12.5 Å². The second-order valence-electron chi connectivity index (χ2n) is 5.94. The molecule has 3 rings (SSSR count). The highest BCUT2D eigenvalue weighted by atomic mass is 127. The molecule has 134 valence electrons. The quantitative estimate of drug-likeness (QED) is 0.402. The second kappa shape index (κ2) is 9.12. The fourth-order valence-corrected chi connectivity index (χ4v) is 2.73. The van der Waals surface area contributed by atoms with Crippen LogP contribution >= 0.6 is 24.0 Å². The van der Waals surface area contributed by atoms with Gasteiger partial charge in [-0.2, -0.15) is 0 Å². The SMILES string of the molecule is CCNC(=NCc1ccc(F)cc1)NC1CC1c1ccccc1F.I. The maximum atomic E-state index is 13.8. The Balaban J connectivity index is 0.00000225. The van der Waals surface area contributed by atoms with Crippen LogP contribution in [0.1, 0.15) is 30.4 Å². The van der Waals surface area contributed by atoms with Crippen molar-refractivity contribution in [1.29, 1.82) is 0 Å². The molecule has 1 saturated carbocycles. The Labute approximate surface area is 164 Å². The molecule has 2 aromatic carbocycles. The molecule has 0 amide bonds. The molecule has 25 heavy (non-hydrogen) atoms. The summed E-state index contributed by atoms with van der Waals surface area (Å²) in [5.41, 5.74) is 1.69. The minimum absolute atomic E-state index is 0. The average molecular weight is 457 g/mol. The van der Waals surface area contributed by atoms with Crippen molar-refractivity contribution in [2.45, 2.75) is 31.8 Å². The molecular weight excluding hydrogens is 435 g/mol. The van der Waals surface area contributed by atoms with Crippen LogP contribution in [0.5, 0.6) is 0 Å². The number of hydrogen-bond donors (Lipinski definition) is 2. The summed E-state index contributed by atoms with van der Waals surface area (Å²) in [4.78, 5) is 4.52. The van der Waals surface area contributed by atoms with Gasteiger partial charge in [0.15, 0.2) is 5.96 Å². The third-order valence-corrected chi connectivity index (χ3v) is 4.09. The molecule has 0 saturated heterocycles. The molecule has 1 aliphatic carbocycles. The van der Waals surface area contributed by atoms with Gasteiger partial charge in [-0.3, -0.25) is 0 Å². The van der Waals surface area contributed by atoms with E-state index < -0.39 is 0 Å². The Kier molecular flexibility index (Phi) is 7.16. The fourth-order valence-electron chi connectivity index (χ4n) is 2.73. The topological polar surface area (TPSA) is 36.4 Å². The van der Waals surface area contributed by atoms with E-state index in [-0.39, 0.29) is 47.6 Å². The molecule has 0 aliphatic heterocycles. The van der Waals surface area contributed by atoms with E-state index >= 15 is 0 Å². The van der Waals surface area contributed by atoms with Crippen molar-refractivity contribution in [3.63, 3.8) is 0 Å². The maximum Gasteiger partial charge on any atom is 0.191 e.